The second-order valence-corrected chi connectivity index (χ2v) is 10.4. The fourth-order valence-corrected chi connectivity index (χ4v) is 6.24. The fourth-order valence-electron chi connectivity index (χ4n) is 4.05. The number of nitrogens with zero attached hydrogens (tertiary/aromatic N) is 5. The van der Waals surface area contributed by atoms with Crippen molar-refractivity contribution in [3.05, 3.63) is 62.0 Å². The summed E-state index contributed by atoms with van der Waals surface area (Å²) in [6.07, 6.45) is 6.47. The topological polar surface area (TPSA) is 65.1 Å². The summed E-state index contributed by atoms with van der Waals surface area (Å²) >= 11 is 9.36. The van der Waals surface area contributed by atoms with E-state index >= 15 is 0 Å². The summed E-state index contributed by atoms with van der Waals surface area (Å²) in [5.74, 6) is 2.24. The van der Waals surface area contributed by atoms with E-state index in [4.69, 9.17) is 11.6 Å². The number of aromatic nitrogens is 5. The zero-order valence-corrected chi connectivity index (χ0v) is 19.7. The Labute approximate surface area is 193 Å². The molecule has 0 saturated heterocycles. The molecule has 0 bridgehead atoms. The number of fused-ring (bicyclic) bond motifs is 2. The SMILES string of the molecule is CCC1CCc2sc(-c3nnc(SCc4cc(=O)n5cc(Cl)ccc5n4)n3C)cc2C1. The van der Waals surface area contributed by atoms with Gasteiger partial charge in [0, 0.05) is 29.9 Å². The number of rotatable bonds is 5. The lowest BCUT2D eigenvalue weighted by atomic mass is 9.87. The highest BCUT2D eigenvalue weighted by Gasteiger charge is 2.22. The van der Waals surface area contributed by atoms with Crippen molar-refractivity contribution in [1.29, 1.82) is 0 Å². The van der Waals surface area contributed by atoms with E-state index in [0.29, 0.717) is 22.1 Å². The minimum atomic E-state index is -0.142. The van der Waals surface area contributed by atoms with E-state index < -0.39 is 0 Å². The quantitative estimate of drug-likeness (QED) is 0.383. The van der Waals surface area contributed by atoms with E-state index in [9.17, 15) is 4.79 Å². The van der Waals surface area contributed by atoms with Crippen LogP contribution < -0.4 is 5.56 Å². The average molecular weight is 472 g/mol. The van der Waals surface area contributed by atoms with Crippen molar-refractivity contribution < 1.29 is 0 Å². The molecule has 0 spiro atoms. The van der Waals surface area contributed by atoms with Crippen LogP contribution in [0.25, 0.3) is 16.3 Å². The van der Waals surface area contributed by atoms with Crippen molar-refractivity contribution in [3.8, 4) is 10.7 Å². The predicted octanol–water partition coefficient (Wildman–Crippen LogP) is 5.01. The lowest BCUT2D eigenvalue weighted by Crippen LogP contribution is -2.15. The predicted molar refractivity (Wildman–Crippen MR) is 126 cm³/mol. The second kappa shape index (κ2) is 8.41. The van der Waals surface area contributed by atoms with Crippen LogP contribution in [0.15, 0.2) is 40.4 Å². The lowest BCUT2D eigenvalue weighted by Gasteiger charge is -2.19. The van der Waals surface area contributed by atoms with Crippen molar-refractivity contribution in [2.75, 3.05) is 0 Å². The van der Waals surface area contributed by atoms with Crippen LogP contribution in [-0.2, 0) is 25.6 Å². The molecule has 6 nitrogen and oxygen atoms in total. The highest BCUT2D eigenvalue weighted by Crippen LogP contribution is 2.38. The summed E-state index contributed by atoms with van der Waals surface area (Å²) in [5, 5.41) is 10.2. The van der Waals surface area contributed by atoms with Crippen LogP contribution in [0.3, 0.4) is 0 Å². The Bertz CT molecular complexity index is 1330. The van der Waals surface area contributed by atoms with Crippen molar-refractivity contribution >= 4 is 40.3 Å². The first-order chi connectivity index (χ1) is 15.0. The Morgan fingerprint density at radius 1 is 1.29 bits per heavy atom. The number of aryl methyl sites for hydroxylation is 1. The Kier molecular flexibility index (Phi) is 5.62. The molecular weight excluding hydrogens is 450 g/mol. The maximum absolute atomic E-state index is 12.4. The van der Waals surface area contributed by atoms with E-state index in [1.807, 2.05) is 23.0 Å². The molecule has 160 valence electrons. The van der Waals surface area contributed by atoms with Gasteiger partial charge in [-0.1, -0.05) is 36.7 Å². The zero-order chi connectivity index (χ0) is 21.5. The van der Waals surface area contributed by atoms with Crippen LogP contribution in [0.1, 0.15) is 35.9 Å². The molecule has 0 radical (unpaired) electrons. The summed E-state index contributed by atoms with van der Waals surface area (Å²) in [7, 11) is 2.00. The second-order valence-electron chi connectivity index (χ2n) is 7.89. The first-order valence-electron chi connectivity index (χ1n) is 10.3. The summed E-state index contributed by atoms with van der Waals surface area (Å²) in [4.78, 5) is 19.6. The molecule has 1 aliphatic carbocycles. The molecule has 1 aliphatic rings. The van der Waals surface area contributed by atoms with E-state index in [1.54, 1.807) is 24.4 Å². The summed E-state index contributed by atoms with van der Waals surface area (Å²) in [5.41, 5.74) is 2.63. The van der Waals surface area contributed by atoms with E-state index in [2.05, 4.69) is 28.2 Å². The van der Waals surface area contributed by atoms with Crippen LogP contribution in [0, 0.1) is 5.92 Å². The highest BCUT2D eigenvalue weighted by molar-refractivity contribution is 7.98. The molecule has 4 heterocycles. The van der Waals surface area contributed by atoms with Crippen LogP contribution in [0.2, 0.25) is 5.02 Å². The fraction of sp³-hybridized carbons (Fsp3) is 0.364. The third-order valence-corrected chi connectivity index (χ3v) is 8.35. The Balaban J connectivity index is 1.36. The van der Waals surface area contributed by atoms with Gasteiger partial charge < -0.3 is 4.57 Å². The van der Waals surface area contributed by atoms with Crippen molar-refractivity contribution in [1.82, 2.24) is 24.1 Å². The molecule has 0 aromatic carbocycles. The van der Waals surface area contributed by atoms with E-state index in [0.717, 1.165) is 16.9 Å². The molecule has 0 fully saturated rings. The Hall–Kier alpha value is -2.16. The van der Waals surface area contributed by atoms with Crippen LogP contribution >= 0.6 is 34.7 Å². The smallest absolute Gasteiger partial charge is 0.258 e. The van der Waals surface area contributed by atoms with Crippen molar-refractivity contribution in [2.45, 2.75) is 43.5 Å². The molecule has 4 aromatic heterocycles. The Morgan fingerprint density at radius 3 is 3.00 bits per heavy atom. The van der Waals surface area contributed by atoms with Gasteiger partial charge in [-0.15, -0.1) is 21.5 Å². The molecule has 9 heteroatoms. The molecule has 5 rings (SSSR count). The van der Waals surface area contributed by atoms with E-state index in [1.165, 1.54) is 57.2 Å². The first-order valence-corrected chi connectivity index (χ1v) is 12.5. The van der Waals surface area contributed by atoms with Crippen LogP contribution in [-0.4, -0.2) is 24.1 Å². The number of hydrogen-bond acceptors (Lipinski definition) is 6. The van der Waals surface area contributed by atoms with Gasteiger partial charge in [0.15, 0.2) is 11.0 Å². The van der Waals surface area contributed by atoms with Crippen molar-refractivity contribution in [3.63, 3.8) is 0 Å². The molecular formula is C22H22ClN5OS2. The van der Waals surface area contributed by atoms with Crippen LogP contribution in [0.4, 0.5) is 0 Å². The van der Waals surface area contributed by atoms with Gasteiger partial charge in [-0.3, -0.25) is 9.20 Å². The molecule has 0 N–H and O–H groups in total. The minimum absolute atomic E-state index is 0.142. The first kappa shape index (κ1) is 20.7. The van der Waals surface area contributed by atoms with Crippen molar-refractivity contribution in [2.24, 2.45) is 13.0 Å². The number of hydrogen-bond donors (Lipinski definition) is 0. The molecule has 0 saturated carbocycles. The summed E-state index contributed by atoms with van der Waals surface area (Å²) < 4.78 is 3.49. The molecule has 0 amide bonds. The minimum Gasteiger partial charge on any atom is -0.304 e. The number of thioether (sulfide) groups is 1. The van der Waals surface area contributed by atoms with Gasteiger partial charge in [0.25, 0.3) is 5.56 Å². The normalized spacial score (nSPS) is 16.0. The van der Waals surface area contributed by atoms with Crippen LogP contribution in [0.5, 0.6) is 0 Å². The van der Waals surface area contributed by atoms with Gasteiger partial charge in [0.1, 0.15) is 5.65 Å². The summed E-state index contributed by atoms with van der Waals surface area (Å²) in [6, 6.07) is 7.33. The number of halogens is 1. The summed E-state index contributed by atoms with van der Waals surface area (Å²) in [6.45, 7) is 2.28. The third kappa shape index (κ3) is 4.04. The Morgan fingerprint density at radius 2 is 2.16 bits per heavy atom. The maximum Gasteiger partial charge on any atom is 0.258 e. The molecule has 0 aliphatic heterocycles. The standard InChI is InChI=1S/C22H22ClN5OS2/c1-3-13-4-6-17-14(8-13)9-18(31-17)21-25-26-22(27(21)2)30-12-16-10-20(29)28-11-15(23)5-7-19(28)24-16/h5,7,9-11,13H,3-4,6,8,12H2,1-2H3. The van der Waals surface area contributed by atoms with Gasteiger partial charge in [-0.05, 0) is 48.9 Å². The van der Waals surface area contributed by atoms with Gasteiger partial charge >= 0.3 is 0 Å². The largest absolute Gasteiger partial charge is 0.304 e. The average Bonchev–Trinajstić information content (AvgIpc) is 3.35. The van der Waals surface area contributed by atoms with Gasteiger partial charge in [-0.25, -0.2) is 4.98 Å². The molecule has 4 aromatic rings. The third-order valence-electron chi connectivity index (χ3n) is 5.84. The lowest BCUT2D eigenvalue weighted by molar-refractivity contribution is 0.449. The molecule has 1 unspecified atom stereocenters. The zero-order valence-electron chi connectivity index (χ0n) is 17.3. The molecule has 1 atom stereocenters. The van der Waals surface area contributed by atoms with E-state index in [-0.39, 0.29) is 5.56 Å². The van der Waals surface area contributed by atoms with Gasteiger partial charge in [0.2, 0.25) is 0 Å². The van der Waals surface area contributed by atoms with Gasteiger partial charge in [-0.2, -0.15) is 0 Å². The van der Waals surface area contributed by atoms with Gasteiger partial charge in [0.05, 0.1) is 15.6 Å². The number of pyridine rings is 1. The molecule has 31 heavy (non-hydrogen) atoms. The highest BCUT2D eigenvalue weighted by atomic mass is 35.5. The monoisotopic (exact) mass is 471 g/mol. The number of thiophene rings is 1. The maximum atomic E-state index is 12.4.